The fraction of sp³-hybridized carbons (Fsp3) is 0.526. The summed E-state index contributed by atoms with van der Waals surface area (Å²) in [5.41, 5.74) is 4.39. The predicted molar refractivity (Wildman–Crippen MR) is 101 cm³/mol. The summed E-state index contributed by atoms with van der Waals surface area (Å²) in [4.78, 5) is 37.6. The van der Waals surface area contributed by atoms with Crippen molar-refractivity contribution >= 4 is 29.0 Å². The number of Topliss-reactive ketones (excluding diaryl/α,β-unsaturated/α-hetero) is 1. The van der Waals surface area contributed by atoms with Gasteiger partial charge < -0.3 is 25.4 Å². The van der Waals surface area contributed by atoms with Gasteiger partial charge in [-0.05, 0) is 18.9 Å². The molecule has 0 spiro atoms. The molecule has 31 heavy (non-hydrogen) atoms. The number of nitrogens with zero attached hydrogens (tertiary/aromatic N) is 2. The van der Waals surface area contributed by atoms with Crippen LogP contribution in [0, 0.1) is 17.7 Å². The van der Waals surface area contributed by atoms with E-state index in [0.29, 0.717) is 17.7 Å². The number of primary amides is 1. The lowest BCUT2D eigenvalue weighted by Gasteiger charge is -2.38. The number of nitrogens with two attached hydrogens (primary N) is 1. The maximum Gasteiger partial charge on any atom is 0.405 e. The van der Waals surface area contributed by atoms with Crippen LogP contribution in [-0.4, -0.2) is 62.2 Å². The van der Waals surface area contributed by atoms with E-state index in [1.54, 1.807) is 0 Å². The Morgan fingerprint density at radius 2 is 1.87 bits per heavy atom. The highest BCUT2D eigenvalue weighted by Gasteiger charge is 2.44. The number of carbonyl (C=O) groups excluding carboxylic acids is 2. The average Bonchev–Trinajstić information content (AvgIpc) is 2.68. The number of aliphatic carboxylic acids is 1. The molecule has 3 N–H and O–H groups in total. The minimum absolute atomic E-state index is 0.141. The molecule has 3 rings (SSSR count). The zero-order chi connectivity index (χ0) is 23.1. The zero-order valence-corrected chi connectivity index (χ0v) is 16.5. The van der Waals surface area contributed by atoms with Gasteiger partial charge in [0, 0.05) is 31.1 Å². The van der Waals surface area contributed by atoms with Crippen LogP contribution in [-0.2, 0) is 9.59 Å². The summed E-state index contributed by atoms with van der Waals surface area (Å²) < 4.78 is 60.0. The van der Waals surface area contributed by atoms with Crippen LogP contribution in [0.4, 0.5) is 28.9 Å². The van der Waals surface area contributed by atoms with Gasteiger partial charge in [0.2, 0.25) is 5.91 Å². The lowest BCUT2D eigenvalue weighted by molar-refractivity contribution is -0.140. The summed E-state index contributed by atoms with van der Waals surface area (Å²) in [6.45, 7) is -1.87. The number of fused-ring (bicyclic) bond motifs is 1. The number of carboxylic acid groups (broad SMARTS) is 1. The number of ether oxygens (including phenoxy) is 1. The van der Waals surface area contributed by atoms with Crippen molar-refractivity contribution in [2.75, 3.05) is 43.1 Å². The maximum atomic E-state index is 15.1. The highest BCUT2D eigenvalue weighted by molar-refractivity contribution is 6.14. The Balaban J connectivity index is 2.11. The minimum Gasteiger partial charge on any atom is -0.492 e. The molecule has 12 heteroatoms. The molecule has 2 aliphatic rings. The Bertz CT molecular complexity index is 913. The molecule has 0 bridgehead atoms. The number of alkyl halides is 3. The quantitative estimate of drug-likeness (QED) is 0.523. The number of anilines is 2. The normalized spacial score (nSPS) is 19.9. The van der Waals surface area contributed by atoms with Gasteiger partial charge in [-0.2, -0.15) is 13.2 Å². The first-order valence-corrected chi connectivity index (χ1v) is 9.48. The van der Waals surface area contributed by atoms with Crippen LogP contribution < -0.4 is 20.3 Å². The van der Waals surface area contributed by atoms with Gasteiger partial charge in [0.25, 0.3) is 0 Å². The number of halogens is 4. The van der Waals surface area contributed by atoms with Gasteiger partial charge in [0.05, 0.1) is 12.8 Å². The molecule has 2 aliphatic heterocycles. The lowest BCUT2D eigenvalue weighted by Crippen LogP contribution is -2.47. The molecule has 1 saturated heterocycles. The first kappa shape index (κ1) is 22.6. The Hall–Kier alpha value is -3.05. The Kier molecular flexibility index (Phi) is 6.01. The third-order valence-corrected chi connectivity index (χ3v) is 5.57. The van der Waals surface area contributed by atoms with Crippen molar-refractivity contribution in [2.24, 2.45) is 17.6 Å². The number of carbonyl (C=O) groups is 3. The number of piperidine rings is 1. The third kappa shape index (κ3) is 4.37. The molecule has 1 amide bonds. The molecule has 0 saturated carbocycles. The largest absolute Gasteiger partial charge is 0.492 e. The molecular weight excluding hydrogens is 426 g/mol. The van der Waals surface area contributed by atoms with Gasteiger partial charge in [-0.15, -0.1) is 0 Å². The van der Waals surface area contributed by atoms with Crippen LogP contribution in [0.1, 0.15) is 23.2 Å². The van der Waals surface area contributed by atoms with E-state index in [9.17, 15) is 32.7 Å². The number of carboxylic acids is 1. The van der Waals surface area contributed by atoms with E-state index in [0.717, 1.165) is 13.2 Å². The second-order valence-corrected chi connectivity index (χ2v) is 7.55. The second-order valence-electron chi connectivity index (χ2n) is 7.55. The lowest BCUT2D eigenvalue weighted by atomic mass is 9.89. The molecule has 0 aliphatic carbocycles. The highest BCUT2D eigenvalue weighted by atomic mass is 19.4. The van der Waals surface area contributed by atoms with E-state index in [-0.39, 0.29) is 30.2 Å². The molecular formula is C19H21F4N3O5. The van der Waals surface area contributed by atoms with Crippen LogP contribution in [0.15, 0.2) is 6.07 Å². The summed E-state index contributed by atoms with van der Waals surface area (Å²) in [6.07, 6.45) is -4.07. The van der Waals surface area contributed by atoms with Gasteiger partial charge >= 0.3 is 12.1 Å². The van der Waals surface area contributed by atoms with Gasteiger partial charge in [-0.25, -0.2) is 4.39 Å². The molecule has 2 heterocycles. The van der Waals surface area contributed by atoms with E-state index in [1.807, 2.05) is 0 Å². The monoisotopic (exact) mass is 447 g/mol. The molecule has 1 unspecified atom stereocenters. The standard InChI is InChI=1S/C19H21F4N3O5/c1-31-16-13-10(15(27)11(18(29)30)7-26(13)8-19(21,22)23)6-12(20)14(16)25-4-2-9(3-5-25)17(24)28/h6,9,11H,2-5,7-8H2,1H3,(H2,24,28)(H,29,30). The Labute approximate surface area is 174 Å². The molecule has 0 radical (unpaired) electrons. The number of hydrogen-bond acceptors (Lipinski definition) is 6. The smallest absolute Gasteiger partial charge is 0.405 e. The van der Waals surface area contributed by atoms with E-state index in [1.165, 1.54) is 4.90 Å². The van der Waals surface area contributed by atoms with Crippen molar-refractivity contribution < 1.29 is 41.8 Å². The minimum atomic E-state index is -4.71. The number of hydrogen-bond donors (Lipinski definition) is 2. The number of rotatable bonds is 5. The van der Waals surface area contributed by atoms with Crippen LogP contribution in [0.5, 0.6) is 5.75 Å². The predicted octanol–water partition coefficient (Wildman–Crippen LogP) is 1.80. The molecule has 8 nitrogen and oxygen atoms in total. The van der Waals surface area contributed by atoms with E-state index < -0.39 is 60.1 Å². The third-order valence-electron chi connectivity index (χ3n) is 5.57. The van der Waals surface area contributed by atoms with E-state index in [2.05, 4.69) is 0 Å². The molecule has 1 aromatic carbocycles. The van der Waals surface area contributed by atoms with Gasteiger partial charge in [0.1, 0.15) is 18.2 Å². The van der Waals surface area contributed by atoms with Gasteiger partial charge in [0.15, 0.2) is 17.3 Å². The summed E-state index contributed by atoms with van der Waals surface area (Å²) in [5.74, 6) is -6.46. The van der Waals surface area contributed by atoms with Gasteiger partial charge in [-0.3, -0.25) is 14.4 Å². The summed E-state index contributed by atoms with van der Waals surface area (Å²) in [5, 5.41) is 9.27. The SMILES string of the molecule is COc1c(N2CCC(C(N)=O)CC2)c(F)cc2c1N(CC(F)(F)F)CC(C(=O)O)C2=O. The number of benzene rings is 1. The summed E-state index contributed by atoms with van der Waals surface area (Å²) in [7, 11) is 1.13. The van der Waals surface area contributed by atoms with Crippen molar-refractivity contribution in [1.82, 2.24) is 0 Å². The maximum absolute atomic E-state index is 15.1. The van der Waals surface area contributed by atoms with E-state index in [4.69, 9.17) is 10.5 Å². The van der Waals surface area contributed by atoms with Gasteiger partial charge in [-0.1, -0.05) is 0 Å². The van der Waals surface area contributed by atoms with Crippen molar-refractivity contribution in [3.8, 4) is 5.75 Å². The number of amides is 1. The van der Waals surface area contributed by atoms with Crippen molar-refractivity contribution in [3.05, 3.63) is 17.4 Å². The fourth-order valence-electron chi connectivity index (χ4n) is 4.12. The average molecular weight is 447 g/mol. The van der Waals surface area contributed by atoms with Crippen molar-refractivity contribution in [3.63, 3.8) is 0 Å². The molecule has 1 fully saturated rings. The molecule has 1 atom stereocenters. The topological polar surface area (TPSA) is 113 Å². The van der Waals surface area contributed by atoms with Crippen LogP contribution in [0.2, 0.25) is 0 Å². The molecule has 0 aromatic heterocycles. The number of ketones is 1. The zero-order valence-electron chi connectivity index (χ0n) is 16.5. The number of methoxy groups -OCH3 is 1. The van der Waals surface area contributed by atoms with Crippen molar-refractivity contribution in [2.45, 2.75) is 19.0 Å². The molecule has 170 valence electrons. The van der Waals surface area contributed by atoms with Crippen molar-refractivity contribution in [1.29, 1.82) is 0 Å². The van der Waals surface area contributed by atoms with Crippen LogP contribution in [0.3, 0.4) is 0 Å². The first-order valence-electron chi connectivity index (χ1n) is 9.48. The fourth-order valence-corrected chi connectivity index (χ4v) is 4.12. The highest BCUT2D eigenvalue weighted by Crippen LogP contribution is 2.47. The Morgan fingerprint density at radius 3 is 2.35 bits per heavy atom. The van der Waals surface area contributed by atoms with Crippen LogP contribution >= 0.6 is 0 Å². The second kappa shape index (κ2) is 8.23. The van der Waals surface area contributed by atoms with Crippen LogP contribution in [0.25, 0.3) is 0 Å². The summed E-state index contributed by atoms with van der Waals surface area (Å²) in [6, 6.07) is 0.758. The molecule has 1 aromatic rings. The summed E-state index contributed by atoms with van der Waals surface area (Å²) >= 11 is 0. The van der Waals surface area contributed by atoms with E-state index >= 15 is 4.39 Å². The first-order chi connectivity index (χ1) is 14.4. The Morgan fingerprint density at radius 1 is 1.26 bits per heavy atom.